The average molecular weight is 959 g/mol. The SMILES string of the molecule is CCCCC/C=C\C/C=C\CCCCCCCC(=O)OC(COC(=O)CCCCCCCCCCCCCCCCCCCCCCCCC)COC1OC(CS(=O)(=O)O)C(O)C(O)C1O. The Bertz CT molecular complexity index is 1310. The van der Waals surface area contributed by atoms with Crippen LogP contribution in [0.1, 0.15) is 245 Å². The van der Waals surface area contributed by atoms with Gasteiger partial charge in [0.25, 0.3) is 10.1 Å². The van der Waals surface area contributed by atoms with E-state index in [0.29, 0.717) is 12.8 Å². The summed E-state index contributed by atoms with van der Waals surface area (Å²) in [5.41, 5.74) is 0. The maximum Gasteiger partial charge on any atom is 0.306 e. The molecule has 0 aliphatic carbocycles. The highest BCUT2D eigenvalue weighted by atomic mass is 32.2. The van der Waals surface area contributed by atoms with Gasteiger partial charge in [-0.15, -0.1) is 0 Å². The molecule has 1 aliphatic heterocycles. The molecule has 1 fully saturated rings. The molecule has 1 rings (SSSR count). The second-order valence-corrected chi connectivity index (χ2v) is 20.4. The van der Waals surface area contributed by atoms with Crippen LogP contribution in [0.15, 0.2) is 24.3 Å². The van der Waals surface area contributed by atoms with Crippen LogP contribution in [-0.2, 0) is 38.7 Å². The summed E-state index contributed by atoms with van der Waals surface area (Å²) in [6.07, 6.45) is 40.8. The molecular formula is C53H98O12S. The number of allylic oxidation sites excluding steroid dienone is 4. The van der Waals surface area contributed by atoms with Gasteiger partial charge in [0.2, 0.25) is 0 Å². The van der Waals surface area contributed by atoms with Crippen LogP contribution in [0.25, 0.3) is 0 Å². The Labute approximate surface area is 402 Å². The van der Waals surface area contributed by atoms with Crippen LogP contribution in [0.2, 0.25) is 0 Å². The van der Waals surface area contributed by atoms with Crippen molar-refractivity contribution in [2.45, 2.75) is 282 Å². The van der Waals surface area contributed by atoms with Crippen molar-refractivity contribution in [2.75, 3.05) is 19.0 Å². The van der Waals surface area contributed by atoms with Crippen LogP contribution in [0.3, 0.4) is 0 Å². The maximum absolute atomic E-state index is 12.9. The minimum atomic E-state index is -4.61. The predicted molar refractivity (Wildman–Crippen MR) is 266 cm³/mol. The van der Waals surface area contributed by atoms with Gasteiger partial charge in [-0.3, -0.25) is 14.1 Å². The number of rotatable bonds is 46. The Kier molecular flexibility index (Phi) is 40.7. The second kappa shape index (κ2) is 43.2. The van der Waals surface area contributed by atoms with E-state index in [9.17, 15) is 37.9 Å². The quantitative estimate of drug-likeness (QED) is 0.0196. The zero-order chi connectivity index (χ0) is 48.4. The molecule has 0 radical (unpaired) electrons. The number of carbonyl (C=O) groups is 2. The van der Waals surface area contributed by atoms with Crippen LogP contribution in [0.4, 0.5) is 0 Å². The van der Waals surface area contributed by atoms with E-state index in [4.69, 9.17) is 18.9 Å². The molecule has 4 N–H and O–H groups in total. The summed E-state index contributed by atoms with van der Waals surface area (Å²) in [5.74, 6) is -1.99. The third kappa shape index (κ3) is 37.1. The molecule has 12 nitrogen and oxygen atoms in total. The molecule has 1 heterocycles. The normalized spacial score (nSPS) is 19.5. The first-order chi connectivity index (χ1) is 32.0. The molecule has 0 bridgehead atoms. The zero-order valence-corrected chi connectivity index (χ0v) is 42.6. The van der Waals surface area contributed by atoms with Crippen LogP contribution in [0.5, 0.6) is 0 Å². The van der Waals surface area contributed by atoms with E-state index in [1.807, 2.05) is 0 Å². The standard InChI is InChI=1S/C53H98O12S/c1-3-5-7-9-11-13-15-17-19-20-21-22-23-24-25-26-28-29-31-33-35-37-39-41-48(54)62-43-46(44-63-53-52(58)51(57)50(56)47(65-53)45-66(59,60)61)64-49(55)42-40-38-36-34-32-30-27-18-16-14-12-10-8-6-4-2/h12,14,18,27,46-47,50-53,56-58H,3-11,13,15-17,19-26,28-45H2,1-2H3,(H,59,60,61)/b14-12-,27-18-. The number of aliphatic hydroxyl groups is 3. The Morgan fingerprint density at radius 3 is 1.36 bits per heavy atom. The van der Waals surface area contributed by atoms with Gasteiger partial charge in [-0.1, -0.05) is 212 Å². The fraction of sp³-hybridized carbons (Fsp3) is 0.887. The summed E-state index contributed by atoms with van der Waals surface area (Å²) in [6.45, 7) is 3.76. The van der Waals surface area contributed by atoms with Crippen LogP contribution < -0.4 is 0 Å². The van der Waals surface area contributed by atoms with Gasteiger partial charge in [0.1, 0.15) is 36.8 Å². The van der Waals surface area contributed by atoms with Crippen molar-refractivity contribution in [3.63, 3.8) is 0 Å². The molecule has 388 valence electrons. The fourth-order valence-electron chi connectivity index (χ4n) is 8.36. The molecule has 0 spiro atoms. The highest BCUT2D eigenvalue weighted by molar-refractivity contribution is 7.85. The van der Waals surface area contributed by atoms with E-state index in [-0.39, 0.29) is 19.4 Å². The lowest BCUT2D eigenvalue weighted by Crippen LogP contribution is -2.60. The lowest BCUT2D eigenvalue weighted by atomic mass is 10.00. The molecule has 1 aliphatic rings. The number of hydrogen-bond acceptors (Lipinski definition) is 11. The Hall–Kier alpha value is -1.87. The van der Waals surface area contributed by atoms with Gasteiger partial charge < -0.3 is 34.3 Å². The van der Waals surface area contributed by atoms with E-state index in [1.165, 1.54) is 141 Å². The molecule has 66 heavy (non-hydrogen) atoms. The molecule has 0 saturated carbocycles. The molecule has 0 aromatic carbocycles. The largest absolute Gasteiger partial charge is 0.462 e. The van der Waals surface area contributed by atoms with Crippen molar-refractivity contribution >= 4 is 22.1 Å². The van der Waals surface area contributed by atoms with Gasteiger partial charge in [0, 0.05) is 12.8 Å². The number of unbranched alkanes of at least 4 members (excludes halogenated alkanes) is 30. The minimum Gasteiger partial charge on any atom is -0.462 e. The van der Waals surface area contributed by atoms with Crippen molar-refractivity contribution < 1.29 is 56.8 Å². The Morgan fingerprint density at radius 2 is 0.909 bits per heavy atom. The monoisotopic (exact) mass is 959 g/mol. The molecule has 0 amide bonds. The van der Waals surface area contributed by atoms with Crippen molar-refractivity contribution in [1.82, 2.24) is 0 Å². The summed E-state index contributed by atoms with van der Waals surface area (Å²) in [6, 6.07) is 0. The van der Waals surface area contributed by atoms with Crippen molar-refractivity contribution in [3.8, 4) is 0 Å². The van der Waals surface area contributed by atoms with E-state index >= 15 is 0 Å². The first-order valence-electron chi connectivity index (χ1n) is 26.9. The predicted octanol–water partition coefficient (Wildman–Crippen LogP) is 12.3. The maximum atomic E-state index is 12.9. The topological polar surface area (TPSA) is 186 Å². The summed E-state index contributed by atoms with van der Waals surface area (Å²) in [7, 11) is -4.61. The highest BCUT2D eigenvalue weighted by Gasteiger charge is 2.46. The summed E-state index contributed by atoms with van der Waals surface area (Å²) < 4.78 is 54.2. The number of aliphatic hydroxyl groups excluding tert-OH is 3. The third-order valence-electron chi connectivity index (χ3n) is 12.5. The van der Waals surface area contributed by atoms with Gasteiger partial charge in [-0.05, 0) is 44.9 Å². The van der Waals surface area contributed by atoms with Crippen molar-refractivity contribution in [1.29, 1.82) is 0 Å². The van der Waals surface area contributed by atoms with E-state index in [2.05, 4.69) is 38.2 Å². The van der Waals surface area contributed by atoms with Crippen molar-refractivity contribution in [3.05, 3.63) is 24.3 Å². The second-order valence-electron chi connectivity index (χ2n) is 18.9. The van der Waals surface area contributed by atoms with Gasteiger partial charge in [-0.25, -0.2) is 0 Å². The number of hydrogen-bond donors (Lipinski definition) is 4. The van der Waals surface area contributed by atoms with Gasteiger partial charge >= 0.3 is 11.9 Å². The smallest absolute Gasteiger partial charge is 0.306 e. The summed E-state index contributed by atoms with van der Waals surface area (Å²) in [4.78, 5) is 25.5. The molecule has 1 saturated heterocycles. The third-order valence-corrected chi connectivity index (χ3v) is 13.3. The van der Waals surface area contributed by atoms with Crippen molar-refractivity contribution in [2.24, 2.45) is 0 Å². The lowest BCUT2D eigenvalue weighted by molar-refractivity contribution is -0.297. The highest BCUT2D eigenvalue weighted by Crippen LogP contribution is 2.24. The van der Waals surface area contributed by atoms with E-state index in [0.717, 1.165) is 64.2 Å². The van der Waals surface area contributed by atoms with E-state index < -0.39 is 71.2 Å². The number of carbonyl (C=O) groups excluding carboxylic acids is 2. The molecular weight excluding hydrogens is 861 g/mol. The molecule has 0 aromatic heterocycles. The van der Waals surface area contributed by atoms with Crippen LogP contribution in [-0.4, -0.2) is 96.0 Å². The average Bonchev–Trinajstić information content (AvgIpc) is 3.28. The van der Waals surface area contributed by atoms with Gasteiger partial charge in [0.05, 0.1) is 6.61 Å². The molecule has 13 heteroatoms. The molecule has 6 unspecified atom stereocenters. The minimum absolute atomic E-state index is 0.151. The number of ether oxygens (including phenoxy) is 4. The zero-order valence-electron chi connectivity index (χ0n) is 41.8. The molecule has 6 atom stereocenters. The summed E-state index contributed by atoms with van der Waals surface area (Å²) >= 11 is 0. The van der Waals surface area contributed by atoms with Crippen LogP contribution >= 0.6 is 0 Å². The van der Waals surface area contributed by atoms with Gasteiger partial charge in [-0.2, -0.15) is 8.42 Å². The fourth-order valence-corrected chi connectivity index (χ4v) is 9.05. The Balaban J connectivity index is 2.31. The first-order valence-corrected chi connectivity index (χ1v) is 28.5. The van der Waals surface area contributed by atoms with E-state index in [1.54, 1.807) is 0 Å². The Morgan fingerprint density at radius 1 is 0.515 bits per heavy atom. The number of esters is 2. The van der Waals surface area contributed by atoms with Crippen LogP contribution in [0, 0.1) is 0 Å². The van der Waals surface area contributed by atoms with Gasteiger partial charge in [0.15, 0.2) is 12.4 Å². The first kappa shape index (κ1) is 62.1. The summed E-state index contributed by atoms with van der Waals surface area (Å²) in [5, 5.41) is 31.0. The molecule has 0 aromatic rings. The lowest BCUT2D eigenvalue weighted by Gasteiger charge is -2.40.